The molecule has 4 heteroatoms. The van der Waals surface area contributed by atoms with E-state index in [-0.39, 0.29) is 31.1 Å². The van der Waals surface area contributed by atoms with Gasteiger partial charge in [0.2, 0.25) is 5.91 Å². The van der Waals surface area contributed by atoms with Crippen LogP contribution in [0.4, 0.5) is 0 Å². The van der Waals surface area contributed by atoms with E-state index in [1.54, 1.807) is 19.1 Å². The lowest BCUT2D eigenvalue weighted by Gasteiger charge is -2.06. The Kier molecular flexibility index (Phi) is 5.52. The van der Waals surface area contributed by atoms with Gasteiger partial charge in [-0.15, -0.1) is 0 Å². The first-order chi connectivity index (χ1) is 8.49. The lowest BCUT2D eigenvalue weighted by Crippen LogP contribution is -2.30. The van der Waals surface area contributed by atoms with Crippen LogP contribution in [0.3, 0.4) is 0 Å². The van der Waals surface area contributed by atoms with Crippen molar-refractivity contribution >= 4 is 11.7 Å². The first-order valence-corrected chi connectivity index (χ1v) is 6.03. The second kappa shape index (κ2) is 6.91. The summed E-state index contributed by atoms with van der Waals surface area (Å²) in [5.74, 6) is -0.251. The van der Waals surface area contributed by atoms with Crippen LogP contribution in [0.1, 0.15) is 35.7 Å². The number of hydrogen-bond donors (Lipinski definition) is 2. The molecule has 1 amide bonds. The minimum Gasteiger partial charge on any atom is -0.392 e. The van der Waals surface area contributed by atoms with Gasteiger partial charge in [0.05, 0.1) is 6.10 Å². The molecule has 0 aliphatic rings. The fourth-order valence-electron chi connectivity index (χ4n) is 1.46. The topological polar surface area (TPSA) is 66.4 Å². The van der Waals surface area contributed by atoms with Crippen LogP contribution < -0.4 is 5.32 Å². The van der Waals surface area contributed by atoms with E-state index in [0.717, 1.165) is 5.56 Å². The molecule has 0 aromatic heterocycles. The Morgan fingerprint density at radius 1 is 1.22 bits per heavy atom. The number of carbonyl (C=O) groups is 2. The molecule has 1 aromatic rings. The average molecular weight is 249 g/mol. The van der Waals surface area contributed by atoms with Crippen molar-refractivity contribution in [3.05, 3.63) is 35.4 Å². The number of aliphatic hydroxyl groups is 1. The summed E-state index contributed by atoms with van der Waals surface area (Å²) in [7, 11) is 0. The number of aliphatic hydroxyl groups excluding tert-OH is 1. The third-order valence-corrected chi connectivity index (χ3v) is 2.55. The van der Waals surface area contributed by atoms with Gasteiger partial charge < -0.3 is 10.4 Å². The van der Waals surface area contributed by atoms with Crippen LogP contribution in [-0.4, -0.2) is 29.4 Å². The van der Waals surface area contributed by atoms with E-state index < -0.39 is 6.10 Å². The van der Waals surface area contributed by atoms with E-state index in [9.17, 15) is 9.59 Å². The van der Waals surface area contributed by atoms with Crippen molar-refractivity contribution in [3.63, 3.8) is 0 Å². The van der Waals surface area contributed by atoms with Gasteiger partial charge in [-0.3, -0.25) is 9.59 Å². The quantitative estimate of drug-likeness (QED) is 0.750. The third-order valence-electron chi connectivity index (χ3n) is 2.55. The Bertz CT molecular complexity index is 410. The third kappa shape index (κ3) is 5.10. The van der Waals surface area contributed by atoms with Crippen LogP contribution in [-0.2, 0) is 4.79 Å². The molecule has 1 atom stereocenters. The van der Waals surface area contributed by atoms with Gasteiger partial charge in [-0.1, -0.05) is 29.8 Å². The van der Waals surface area contributed by atoms with Gasteiger partial charge in [0, 0.05) is 24.9 Å². The Morgan fingerprint density at radius 2 is 1.83 bits per heavy atom. The van der Waals surface area contributed by atoms with E-state index in [1.807, 2.05) is 19.1 Å². The molecule has 0 spiro atoms. The zero-order valence-electron chi connectivity index (χ0n) is 10.8. The summed E-state index contributed by atoms with van der Waals surface area (Å²) in [5.41, 5.74) is 1.73. The predicted octanol–water partition coefficient (Wildman–Crippen LogP) is 1.45. The molecule has 1 aromatic carbocycles. The van der Waals surface area contributed by atoms with Crippen LogP contribution in [0.25, 0.3) is 0 Å². The van der Waals surface area contributed by atoms with Crippen molar-refractivity contribution in [1.82, 2.24) is 5.32 Å². The molecular weight excluding hydrogens is 230 g/mol. The fourth-order valence-corrected chi connectivity index (χ4v) is 1.46. The number of amides is 1. The molecule has 0 saturated carbocycles. The van der Waals surface area contributed by atoms with Crippen molar-refractivity contribution < 1.29 is 14.7 Å². The number of aryl methyl sites for hydroxylation is 1. The predicted molar refractivity (Wildman–Crippen MR) is 69.4 cm³/mol. The summed E-state index contributed by atoms with van der Waals surface area (Å²) in [6.07, 6.45) is -0.226. The number of rotatable bonds is 6. The molecule has 0 fully saturated rings. The number of Topliss-reactive ketones (excluding diaryl/α,β-unsaturated/α-hetero) is 1. The molecular formula is C14H19NO3. The van der Waals surface area contributed by atoms with E-state index in [0.29, 0.717) is 5.56 Å². The van der Waals surface area contributed by atoms with Crippen molar-refractivity contribution in [2.75, 3.05) is 6.54 Å². The zero-order valence-corrected chi connectivity index (χ0v) is 10.8. The molecule has 2 N–H and O–H groups in total. The first kappa shape index (κ1) is 14.4. The largest absolute Gasteiger partial charge is 0.392 e. The highest BCUT2D eigenvalue weighted by atomic mass is 16.3. The minimum absolute atomic E-state index is 0.0396. The van der Waals surface area contributed by atoms with Gasteiger partial charge in [0.1, 0.15) is 0 Å². The second-order valence-corrected chi connectivity index (χ2v) is 4.44. The second-order valence-electron chi connectivity index (χ2n) is 4.44. The minimum atomic E-state index is -0.568. The highest BCUT2D eigenvalue weighted by molar-refractivity contribution is 5.97. The van der Waals surface area contributed by atoms with Gasteiger partial charge in [0.25, 0.3) is 0 Å². The molecule has 0 bridgehead atoms. The summed E-state index contributed by atoms with van der Waals surface area (Å²) >= 11 is 0. The molecule has 0 saturated heterocycles. The van der Waals surface area contributed by atoms with Crippen molar-refractivity contribution in [2.24, 2.45) is 0 Å². The monoisotopic (exact) mass is 249 g/mol. The number of nitrogens with one attached hydrogen (secondary N) is 1. The van der Waals surface area contributed by atoms with E-state index in [4.69, 9.17) is 5.11 Å². The number of carbonyl (C=O) groups excluding carboxylic acids is 2. The van der Waals surface area contributed by atoms with Crippen molar-refractivity contribution in [3.8, 4) is 0 Å². The van der Waals surface area contributed by atoms with Gasteiger partial charge in [-0.25, -0.2) is 0 Å². The Morgan fingerprint density at radius 3 is 2.39 bits per heavy atom. The smallest absolute Gasteiger partial charge is 0.220 e. The molecule has 1 unspecified atom stereocenters. The lowest BCUT2D eigenvalue weighted by atomic mass is 10.1. The SMILES string of the molecule is Cc1ccc(C(=O)CCC(=O)NCC(C)O)cc1. The van der Waals surface area contributed by atoms with Crippen LogP contribution in [0.15, 0.2) is 24.3 Å². The first-order valence-electron chi connectivity index (χ1n) is 6.03. The summed E-state index contributed by atoms with van der Waals surface area (Å²) in [6.45, 7) is 3.77. The normalized spacial score (nSPS) is 11.9. The lowest BCUT2D eigenvalue weighted by molar-refractivity contribution is -0.121. The summed E-state index contributed by atoms with van der Waals surface area (Å²) < 4.78 is 0. The Hall–Kier alpha value is -1.68. The van der Waals surface area contributed by atoms with Gasteiger partial charge in [0.15, 0.2) is 5.78 Å². The van der Waals surface area contributed by atoms with Gasteiger partial charge in [-0.05, 0) is 13.8 Å². The van der Waals surface area contributed by atoms with Crippen LogP contribution >= 0.6 is 0 Å². The summed E-state index contributed by atoms with van der Waals surface area (Å²) in [6, 6.07) is 7.29. The Labute approximate surface area is 107 Å². The Balaban J connectivity index is 2.37. The molecule has 98 valence electrons. The standard InChI is InChI=1S/C14H19NO3/c1-10-3-5-12(6-4-10)13(17)7-8-14(18)15-9-11(2)16/h3-6,11,16H,7-9H2,1-2H3,(H,15,18). The summed E-state index contributed by atoms with van der Waals surface area (Å²) in [4.78, 5) is 23.1. The highest BCUT2D eigenvalue weighted by Gasteiger charge is 2.09. The number of ketones is 1. The maximum absolute atomic E-state index is 11.8. The maximum atomic E-state index is 11.8. The van der Waals surface area contributed by atoms with Crippen LogP contribution in [0, 0.1) is 6.92 Å². The zero-order chi connectivity index (χ0) is 13.5. The molecule has 4 nitrogen and oxygen atoms in total. The van der Waals surface area contributed by atoms with Crippen LogP contribution in [0.5, 0.6) is 0 Å². The summed E-state index contributed by atoms with van der Waals surface area (Å²) in [5, 5.41) is 11.6. The molecule has 0 aliphatic carbocycles. The van der Waals surface area contributed by atoms with Gasteiger partial charge in [-0.2, -0.15) is 0 Å². The number of benzene rings is 1. The highest BCUT2D eigenvalue weighted by Crippen LogP contribution is 2.07. The average Bonchev–Trinajstić information content (AvgIpc) is 2.34. The van der Waals surface area contributed by atoms with E-state index >= 15 is 0 Å². The molecule has 0 heterocycles. The molecule has 18 heavy (non-hydrogen) atoms. The van der Waals surface area contributed by atoms with E-state index in [1.165, 1.54) is 0 Å². The van der Waals surface area contributed by atoms with Crippen molar-refractivity contribution in [1.29, 1.82) is 0 Å². The van der Waals surface area contributed by atoms with Gasteiger partial charge >= 0.3 is 0 Å². The molecule has 0 radical (unpaired) electrons. The maximum Gasteiger partial charge on any atom is 0.220 e. The van der Waals surface area contributed by atoms with Crippen LogP contribution in [0.2, 0.25) is 0 Å². The van der Waals surface area contributed by atoms with Crippen molar-refractivity contribution in [2.45, 2.75) is 32.8 Å². The number of hydrogen-bond acceptors (Lipinski definition) is 3. The fraction of sp³-hybridized carbons (Fsp3) is 0.429. The van der Waals surface area contributed by atoms with E-state index in [2.05, 4.69) is 5.32 Å². The molecule has 1 rings (SSSR count). The molecule has 0 aliphatic heterocycles.